The molecule has 0 aromatic heterocycles. The predicted octanol–water partition coefficient (Wildman–Crippen LogP) is 6.61. The topological polar surface area (TPSA) is 72.8 Å². The van der Waals surface area contributed by atoms with Crippen molar-refractivity contribution in [2.75, 3.05) is 6.61 Å². The first kappa shape index (κ1) is 33.2. The molecule has 0 amide bonds. The van der Waals surface area contributed by atoms with Crippen molar-refractivity contribution in [2.24, 2.45) is 5.92 Å². The van der Waals surface area contributed by atoms with E-state index in [9.17, 15) is 9.59 Å². The van der Waals surface area contributed by atoms with Crippen LogP contribution in [0.15, 0.2) is 54.8 Å². The SMILES string of the molecule is C/C=C\C.C=C(CCO)OC(=O)CCC.CC.CC(C)CC(=O)OCc1ccccc1. The average molecular weight is 437 g/mol. The number of benzene rings is 1. The van der Waals surface area contributed by atoms with E-state index in [2.05, 4.69) is 6.58 Å². The molecule has 0 saturated carbocycles. The van der Waals surface area contributed by atoms with Crippen LogP contribution < -0.4 is 0 Å². The summed E-state index contributed by atoms with van der Waals surface area (Å²) in [5, 5.41) is 8.43. The Labute approximate surface area is 190 Å². The van der Waals surface area contributed by atoms with Gasteiger partial charge in [-0.3, -0.25) is 9.59 Å². The molecule has 0 heterocycles. The largest absolute Gasteiger partial charge is 0.461 e. The normalized spacial score (nSPS) is 9.32. The summed E-state index contributed by atoms with van der Waals surface area (Å²) in [4.78, 5) is 22.0. The summed E-state index contributed by atoms with van der Waals surface area (Å²) in [6, 6.07) is 9.71. The van der Waals surface area contributed by atoms with Crippen LogP contribution in [0.25, 0.3) is 0 Å². The highest BCUT2D eigenvalue weighted by atomic mass is 16.5. The molecule has 0 atom stereocenters. The number of allylic oxidation sites excluding steroid dienone is 2. The van der Waals surface area contributed by atoms with Crippen LogP contribution in [0, 0.1) is 5.92 Å². The van der Waals surface area contributed by atoms with Gasteiger partial charge in [-0.05, 0) is 31.7 Å². The second-order valence-electron chi connectivity index (χ2n) is 6.65. The zero-order chi connectivity index (χ0) is 24.5. The van der Waals surface area contributed by atoms with E-state index in [4.69, 9.17) is 14.6 Å². The fourth-order valence-corrected chi connectivity index (χ4v) is 1.72. The Morgan fingerprint density at radius 2 is 1.58 bits per heavy atom. The van der Waals surface area contributed by atoms with Gasteiger partial charge in [-0.1, -0.05) is 83.7 Å². The van der Waals surface area contributed by atoms with Crippen molar-refractivity contribution in [1.82, 2.24) is 0 Å². The van der Waals surface area contributed by atoms with Crippen LogP contribution in [0.1, 0.15) is 79.7 Å². The van der Waals surface area contributed by atoms with Crippen LogP contribution >= 0.6 is 0 Å². The van der Waals surface area contributed by atoms with Crippen LogP contribution in [0.4, 0.5) is 0 Å². The number of ether oxygens (including phenoxy) is 2. The summed E-state index contributed by atoms with van der Waals surface area (Å²) >= 11 is 0. The molecule has 0 bridgehead atoms. The molecule has 0 aliphatic carbocycles. The lowest BCUT2D eigenvalue weighted by Crippen LogP contribution is -2.07. The zero-order valence-corrected chi connectivity index (χ0v) is 20.6. The van der Waals surface area contributed by atoms with Gasteiger partial charge in [-0.2, -0.15) is 0 Å². The van der Waals surface area contributed by atoms with Crippen LogP contribution in [-0.4, -0.2) is 23.7 Å². The molecule has 0 fully saturated rings. The summed E-state index contributed by atoms with van der Waals surface area (Å²) in [6.45, 7) is 17.7. The predicted molar refractivity (Wildman–Crippen MR) is 129 cm³/mol. The third kappa shape index (κ3) is 27.6. The van der Waals surface area contributed by atoms with Gasteiger partial charge in [0.2, 0.25) is 0 Å². The Morgan fingerprint density at radius 3 is 2.00 bits per heavy atom. The van der Waals surface area contributed by atoms with Gasteiger partial charge in [0.05, 0.1) is 6.61 Å². The van der Waals surface area contributed by atoms with Crippen LogP contribution in [0.5, 0.6) is 0 Å². The first-order valence-corrected chi connectivity index (χ1v) is 11.1. The second kappa shape index (κ2) is 25.6. The van der Waals surface area contributed by atoms with E-state index < -0.39 is 0 Å². The molecule has 0 aliphatic rings. The molecule has 31 heavy (non-hydrogen) atoms. The van der Waals surface area contributed by atoms with Crippen LogP contribution in [-0.2, 0) is 25.7 Å². The van der Waals surface area contributed by atoms with Crippen LogP contribution in [0.2, 0.25) is 0 Å². The van der Waals surface area contributed by atoms with Gasteiger partial charge in [-0.25, -0.2) is 0 Å². The molecule has 1 aromatic rings. The van der Waals surface area contributed by atoms with Gasteiger partial charge in [0.1, 0.15) is 12.4 Å². The summed E-state index contributed by atoms with van der Waals surface area (Å²) in [5.74, 6) is 0.305. The number of hydrogen-bond acceptors (Lipinski definition) is 5. The highest BCUT2D eigenvalue weighted by molar-refractivity contribution is 5.70. The van der Waals surface area contributed by atoms with E-state index in [1.165, 1.54) is 0 Å². The fraction of sp³-hybridized carbons (Fsp3) is 0.538. The van der Waals surface area contributed by atoms with E-state index in [0.717, 1.165) is 12.0 Å². The minimum atomic E-state index is -0.272. The first-order chi connectivity index (χ1) is 14.8. The van der Waals surface area contributed by atoms with Gasteiger partial charge < -0.3 is 14.6 Å². The number of carbonyl (C=O) groups excluding carboxylic acids is 2. The first-order valence-electron chi connectivity index (χ1n) is 11.1. The Morgan fingerprint density at radius 1 is 1.03 bits per heavy atom. The minimum absolute atomic E-state index is 0.0295. The van der Waals surface area contributed by atoms with Crippen molar-refractivity contribution in [1.29, 1.82) is 0 Å². The Hall–Kier alpha value is -2.40. The van der Waals surface area contributed by atoms with Gasteiger partial charge in [0.15, 0.2) is 0 Å². The summed E-state index contributed by atoms with van der Waals surface area (Å²) in [7, 11) is 0. The molecule has 0 radical (unpaired) electrons. The number of rotatable bonds is 9. The molecule has 1 aromatic carbocycles. The third-order valence-corrected chi connectivity index (χ3v) is 3.25. The summed E-state index contributed by atoms with van der Waals surface area (Å²) in [6.07, 6.45) is 6.00. The molecule has 0 aliphatic heterocycles. The quantitative estimate of drug-likeness (QED) is 0.268. The van der Waals surface area contributed by atoms with E-state index in [1.807, 2.05) is 91.0 Å². The second-order valence-corrected chi connectivity index (χ2v) is 6.65. The minimum Gasteiger partial charge on any atom is -0.461 e. The number of aliphatic hydroxyl groups is 1. The molecule has 178 valence electrons. The fourth-order valence-electron chi connectivity index (χ4n) is 1.72. The van der Waals surface area contributed by atoms with Crippen molar-refractivity contribution in [2.45, 2.75) is 80.8 Å². The van der Waals surface area contributed by atoms with Crippen molar-refractivity contribution in [3.63, 3.8) is 0 Å². The van der Waals surface area contributed by atoms with Gasteiger partial charge in [0.25, 0.3) is 0 Å². The van der Waals surface area contributed by atoms with E-state index in [1.54, 1.807) is 0 Å². The molecule has 0 spiro atoms. The van der Waals surface area contributed by atoms with Gasteiger partial charge in [0, 0.05) is 19.3 Å². The maximum atomic E-state index is 11.2. The van der Waals surface area contributed by atoms with Gasteiger partial charge >= 0.3 is 11.9 Å². The van der Waals surface area contributed by atoms with E-state index in [-0.39, 0.29) is 18.5 Å². The average Bonchev–Trinajstić information content (AvgIpc) is 2.75. The standard InChI is InChI=1S/C12H16O2.C8H14O3.C4H8.C2H6/c1-10(2)8-12(13)14-9-11-6-4-3-5-7-11;1-3-4-8(10)11-7(2)5-6-9;1-3-4-2;1-2/h3-7,10H,8-9H2,1-2H3;9H,2-6H2,1H3;3-4H,1-2H3;1-2H3/b;;4-3-;. The maximum Gasteiger partial charge on any atom is 0.310 e. The summed E-state index contributed by atoms with van der Waals surface area (Å²) in [5.41, 5.74) is 1.03. The molecular weight excluding hydrogens is 392 g/mol. The molecule has 5 heteroatoms. The van der Waals surface area contributed by atoms with E-state index in [0.29, 0.717) is 37.5 Å². The lowest BCUT2D eigenvalue weighted by atomic mass is 10.1. The molecule has 5 nitrogen and oxygen atoms in total. The number of carbonyl (C=O) groups is 2. The van der Waals surface area contributed by atoms with Crippen molar-refractivity contribution < 1.29 is 24.2 Å². The molecule has 1 N–H and O–H groups in total. The van der Waals surface area contributed by atoms with Crippen molar-refractivity contribution >= 4 is 11.9 Å². The Bertz CT molecular complexity index is 557. The van der Waals surface area contributed by atoms with E-state index >= 15 is 0 Å². The van der Waals surface area contributed by atoms with Crippen molar-refractivity contribution in [3.8, 4) is 0 Å². The zero-order valence-electron chi connectivity index (χ0n) is 20.6. The maximum absolute atomic E-state index is 11.2. The highest BCUT2D eigenvalue weighted by Gasteiger charge is 2.05. The Balaban J connectivity index is -0.000000411. The summed E-state index contributed by atoms with van der Waals surface area (Å²) < 4.78 is 9.84. The number of aliphatic hydroxyl groups excluding tert-OH is 1. The highest BCUT2D eigenvalue weighted by Crippen LogP contribution is 2.05. The molecule has 0 unspecified atom stereocenters. The van der Waals surface area contributed by atoms with Gasteiger partial charge in [-0.15, -0.1) is 0 Å². The third-order valence-electron chi connectivity index (χ3n) is 3.25. The number of esters is 2. The molecular formula is C26H44O5. The smallest absolute Gasteiger partial charge is 0.310 e. The molecule has 0 saturated heterocycles. The van der Waals surface area contributed by atoms with Crippen molar-refractivity contribution in [3.05, 3.63) is 60.4 Å². The van der Waals surface area contributed by atoms with Crippen LogP contribution in [0.3, 0.4) is 0 Å². The lowest BCUT2D eigenvalue weighted by molar-refractivity contribution is -0.145. The Kier molecular flexibility index (Phi) is 27.5. The number of hydrogen-bond donors (Lipinski definition) is 1. The molecule has 1 rings (SSSR count). The lowest BCUT2D eigenvalue weighted by Gasteiger charge is -2.06. The monoisotopic (exact) mass is 436 g/mol.